The van der Waals surface area contributed by atoms with Crippen LogP contribution in [-0.2, 0) is 11.3 Å². The molecule has 0 saturated carbocycles. The van der Waals surface area contributed by atoms with Crippen molar-refractivity contribution >= 4 is 5.91 Å². The van der Waals surface area contributed by atoms with Crippen molar-refractivity contribution in [3.8, 4) is 0 Å². The van der Waals surface area contributed by atoms with E-state index in [-0.39, 0.29) is 0 Å². The first-order valence-electron chi connectivity index (χ1n) is 9.40. The van der Waals surface area contributed by atoms with Crippen molar-refractivity contribution in [2.45, 2.75) is 39.3 Å². The second kappa shape index (κ2) is 8.13. The van der Waals surface area contributed by atoms with Gasteiger partial charge in [-0.2, -0.15) is 0 Å². The molecule has 24 heavy (non-hydrogen) atoms. The number of hydrogen-bond acceptors (Lipinski definition) is 3. The maximum atomic E-state index is 12.0. The van der Waals surface area contributed by atoms with E-state index in [0.29, 0.717) is 17.9 Å². The molecule has 1 amide bonds. The van der Waals surface area contributed by atoms with E-state index in [1.807, 2.05) is 0 Å². The third-order valence-corrected chi connectivity index (χ3v) is 5.40. The molecule has 0 aliphatic carbocycles. The van der Waals surface area contributed by atoms with E-state index in [4.69, 9.17) is 0 Å². The number of hydrogen-bond donors (Lipinski definition) is 0. The van der Waals surface area contributed by atoms with E-state index < -0.39 is 0 Å². The van der Waals surface area contributed by atoms with Crippen LogP contribution >= 0.6 is 0 Å². The van der Waals surface area contributed by atoms with Gasteiger partial charge in [0.2, 0.25) is 5.91 Å². The maximum absolute atomic E-state index is 12.0. The molecule has 2 aliphatic rings. The van der Waals surface area contributed by atoms with Gasteiger partial charge >= 0.3 is 0 Å². The number of likely N-dealkylation sites (tertiary alicyclic amines) is 1. The minimum atomic E-state index is 0.336. The quantitative estimate of drug-likeness (QED) is 0.830. The summed E-state index contributed by atoms with van der Waals surface area (Å²) in [5.41, 5.74) is 1.41. The molecular weight excluding hydrogens is 298 g/mol. The molecule has 0 aromatic heterocycles. The van der Waals surface area contributed by atoms with Gasteiger partial charge in [0.05, 0.1) is 0 Å². The summed E-state index contributed by atoms with van der Waals surface area (Å²) < 4.78 is 0. The standard InChI is InChI=1S/C20H31N3O/c1-17(2)23-16-19(8-9-20(23)24)15-22-12-10-21(11-13-22)14-18-6-4-3-5-7-18/h3-7,17,19H,8-16H2,1-2H3. The van der Waals surface area contributed by atoms with E-state index in [1.54, 1.807) is 0 Å². The highest BCUT2D eigenvalue weighted by Gasteiger charge is 2.29. The zero-order valence-electron chi connectivity index (χ0n) is 15.2. The molecular formula is C20H31N3O. The third kappa shape index (κ3) is 4.58. The van der Waals surface area contributed by atoms with Crippen LogP contribution in [0.3, 0.4) is 0 Å². The molecule has 4 heteroatoms. The van der Waals surface area contributed by atoms with Crippen LogP contribution in [0.2, 0.25) is 0 Å². The van der Waals surface area contributed by atoms with Crippen molar-refractivity contribution in [1.29, 1.82) is 0 Å². The zero-order chi connectivity index (χ0) is 16.9. The van der Waals surface area contributed by atoms with Crippen LogP contribution in [0.15, 0.2) is 30.3 Å². The molecule has 2 fully saturated rings. The van der Waals surface area contributed by atoms with Gasteiger partial charge in [-0.25, -0.2) is 0 Å². The molecule has 2 aliphatic heterocycles. The minimum Gasteiger partial charge on any atom is -0.340 e. The fourth-order valence-corrected chi connectivity index (χ4v) is 3.93. The number of rotatable bonds is 5. The van der Waals surface area contributed by atoms with Gasteiger partial charge in [0.25, 0.3) is 0 Å². The SMILES string of the molecule is CC(C)N1CC(CN2CCN(Cc3ccccc3)CC2)CCC1=O. The monoisotopic (exact) mass is 329 g/mol. The lowest BCUT2D eigenvalue weighted by Gasteiger charge is -2.40. The fourth-order valence-electron chi connectivity index (χ4n) is 3.93. The topological polar surface area (TPSA) is 26.8 Å². The number of benzene rings is 1. The number of nitrogens with zero attached hydrogens (tertiary/aromatic N) is 3. The highest BCUT2D eigenvalue weighted by molar-refractivity contribution is 5.77. The Morgan fingerprint density at radius 1 is 1.04 bits per heavy atom. The second-order valence-electron chi connectivity index (χ2n) is 7.61. The zero-order valence-corrected chi connectivity index (χ0v) is 15.2. The molecule has 2 saturated heterocycles. The van der Waals surface area contributed by atoms with Crippen LogP contribution in [0.5, 0.6) is 0 Å². The average molecular weight is 329 g/mol. The first-order chi connectivity index (χ1) is 11.6. The third-order valence-electron chi connectivity index (χ3n) is 5.40. The maximum Gasteiger partial charge on any atom is 0.222 e. The lowest BCUT2D eigenvalue weighted by Crippen LogP contribution is -2.51. The summed E-state index contributed by atoms with van der Waals surface area (Å²) in [4.78, 5) is 19.2. The van der Waals surface area contributed by atoms with E-state index in [9.17, 15) is 4.79 Å². The minimum absolute atomic E-state index is 0.336. The molecule has 1 aromatic carbocycles. The van der Waals surface area contributed by atoms with Gasteiger partial charge in [-0.1, -0.05) is 30.3 Å². The smallest absolute Gasteiger partial charge is 0.222 e. The fraction of sp³-hybridized carbons (Fsp3) is 0.650. The highest BCUT2D eigenvalue weighted by atomic mass is 16.2. The molecule has 1 atom stereocenters. The van der Waals surface area contributed by atoms with Gasteiger partial charge in [0.15, 0.2) is 0 Å². The Balaban J connectivity index is 1.43. The molecule has 0 spiro atoms. The molecule has 0 radical (unpaired) electrons. The van der Waals surface area contributed by atoms with Crippen LogP contribution in [0.4, 0.5) is 0 Å². The molecule has 0 bridgehead atoms. The lowest BCUT2D eigenvalue weighted by atomic mass is 9.95. The van der Waals surface area contributed by atoms with Crippen molar-refractivity contribution in [3.63, 3.8) is 0 Å². The normalized spacial score (nSPS) is 23.9. The molecule has 3 rings (SSSR count). The van der Waals surface area contributed by atoms with Crippen molar-refractivity contribution in [2.75, 3.05) is 39.3 Å². The molecule has 132 valence electrons. The van der Waals surface area contributed by atoms with Crippen molar-refractivity contribution in [2.24, 2.45) is 5.92 Å². The van der Waals surface area contributed by atoms with Gasteiger partial charge in [0, 0.05) is 58.3 Å². The lowest BCUT2D eigenvalue weighted by molar-refractivity contribution is -0.137. The van der Waals surface area contributed by atoms with Gasteiger partial charge < -0.3 is 9.80 Å². The number of piperazine rings is 1. The number of piperidine rings is 1. The molecule has 2 heterocycles. The van der Waals surface area contributed by atoms with Crippen LogP contribution in [0.1, 0.15) is 32.3 Å². The summed E-state index contributed by atoms with van der Waals surface area (Å²) in [7, 11) is 0. The molecule has 1 unspecified atom stereocenters. The summed E-state index contributed by atoms with van der Waals surface area (Å²) in [5.74, 6) is 0.986. The van der Waals surface area contributed by atoms with E-state index in [0.717, 1.165) is 58.7 Å². The summed E-state index contributed by atoms with van der Waals surface area (Å²) in [6.07, 6.45) is 1.79. The predicted molar refractivity (Wildman–Crippen MR) is 97.7 cm³/mol. The highest BCUT2D eigenvalue weighted by Crippen LogP contribution is 2.21. The number of carbonyl (C=O) groups excluding carboxylic acids is 1. The number of carbonyl (C=O) groups is 1. The van der Waals surface area contributed by atoms with Gasteiger partial charge in [-0.3, -0.25) is 9.69 Å². The first-order valence-corrected chi connectivity index (χ1v) is 9.40. The van der Waals surface area contributed by atoms with Crippen molar-refractivity contribution in [1.82, 2.24) is 14.7 Å². The largest absolute Gasteiger partial charge is 0.340 e. The average Bonchev–Trinajstić information content (AvgIpc) is 2.59. The Kier molecular flexibility index (Phi) is 5.90. The van der Waals surface area contributed by atoms with Gasteiger partial charge in [-0.15, -0.1) is 0 Å². The van der Waals surface area contributed by atoms with Crippen molar-refractivity contribution < 1.29 is 4.79 Å². The van der Waals surface area contributed by atoms with Crippen LogP contribution in [0.25, 0.3) is 0 Å². The van der Waals surface area contributed by atoms with Gasteiger partial charge in [-0.05, 0) is 31.7 Å². The Labute approximate surface area is 146 Å². The van der Waals surface area contributed by atoms with Crippen LogP contribution in [-0.4, -0.2) is 65.9 Å². The predicted octanol–water partition coefficient (Wildman–Crippen LogP) is 2.45. The summed E-state index contributed by atoms with van der Waals surface area (Å²) in [6, 6.07) is 11.1. The Morgan fingerprint density at radius 3 is 2.38 bits per heavy atom. The van der Waals surface area contributed by atoms with Crippen LogP contribution < -0.4 is 0 Å². The second-order valence-corrected chi connectivity index (χ2v) is 7.61. The van der Waals surface area contributed by atoms with E-state index >= 15 is 0 Å². The van der Waals surface area contributed by atoms with Crippen molar-refractivity contribution in [3.05, 3.63) is 35.9 Å². The Morgan fingerprint density at radius 2 is 1.71 bits per heavy atom. The van der Waals surface area contributed by atoms with E-state index in [2.05, 4.69) is 58.9 Å². The molecule has 0 N–H and O–H groups in total. The number of amides is 1. The van der Waals surface area contributed by atoms with Gasteiger partial charge in [0.1, 0.15) is 0 Å². The Hall–Kier alpha value is -1.39. The molecule has 4 nitrogen and oxygen atoms in total. The summed E-state index contributed by atoms with van der Waals surface area (Å²) in [6.45, 7) is 12.0. The molecule has 1 aromatic rings. The van der Waals surface area contributed by atoms with Crippen LogP contribution in [0, 0.1) is 5.92 Å². The summed E-state index contributed by atoms with van der Waals surface area (Å²) in [5, 5.41) is 0. The summed E-state index contributed by atoms with van der Waals surface area (Å²) >= 11 is 0. The Bertz CT molecular complexity index is 523. The van der Waals surface area contributed by atoms with E-state index in [1.165, 1.54) is 5.56 Å². The first kappa shape index (κ1) is 17.4.